The lowest BCUT2D eigenvalue weighted by Crippen LogP contribution is -2.10. The summed E-state index contributed by atoms with van der Waals surface area (Å²) in [5.41, 5.74) is 12.1. The van der Waals surface area contributed by atoms with E-state index in [1.54, 1.807) is 0 Å². The van der Waals surface area contributed by atoms with Crippen LogP contribution >= 0.6 is 0 Å². The zero-order chi connectivity index (χ0) is 37.0. The molecule has 56 heavy (non-hydrogen) atoms. The van der Waals surface area contributed by atoms with Gasteiger partial charge in [0.1, 0.15) is 11.2 Å². The molecule has 0 spiro atoms. The fraction of sp³-hybridized carbons (Fsp3) is 0. The molecule has 0 aliphatic rings. The highest BCUT2D eigenvalue weighted by Gasteiger charge is 2.21. The van der Waals surface area contributed by atoms with E-state index in [1.165, 1.54) is 65.7 Å². The summed E-state index contributed by atoms with van der Waals surface area (Å²) in [6.45, 7) is 0. The van der Waals surface area contributed by atoms with Crippen LogP contribution in [-0.4, -0.2) is 0 Å². The third-order valence-corrected chi connectivity index (χ3v) is 11.2. The first-order valence-corrected chi connectivity index (χ1v) is 19.2. The highest BCUT2D eigenvalue weighted by Crippen LogP contribution is 2.45. The van der Waals surface area contributed by atoms with Gasteiger partial charge in [-0.2, -0.15) is 0 Å². The molecule has 0 aliphatic heterocycles. The monoisotopic (exact) mass is 713 g/mol. The summed E-state index contributed by atoms with van der Waals surface area (Å²) in [4.78, 5) is 2.39. The molecule has 11 rings (SSSR count). The van der Waals surface area contributed by atoms with Crippen molar-refractivity contribution in [2.45, 2.75) is 0 Å². The Morgan fingerprint density at radius 2 is 0.875 bits per heavy atom. The quantitative estimate of drug-likeness (QED) is 0.160. The van der Waals surface area contributed by atoms with E-state index in [-0.39, 0.29) is 0 Å². The van der Waals surface area contributed by atoms with Gasteiger partial charge >= 0.3 is 0 Å². The highest BCUT2D eigenvalue weighted by molar-refractivity contribution is 6.17. The normalized spacial score (nSPS) is 11.6. The third kappa shape index (κ3) is 5.42. The van der Waals surface area contributed by atoms with Gasteiger partial charge in [-0.3, -0.25) is 0 Å². The summed E-state index contributed by atoms with van der Waals surface area (Å²) in [6, 6.07) is 76.5. The molecule has 10 aromatic carbocycles. The number of furan rings is 1. The standard InChI is InChI=1S/C54H35NO/c1-2-12-36(13-3-1)37-24-26-38(27-25-37)39-28-30-44(31-29-39)55(51-22-11-23-52-54(51)50-33-40-14-4-5-15-41(40)35-53(50)56-52)45-18-10-17-42(32-45)49-34-43-16-6-7-19-46(43)47-20-8-9-21-48(47)49/h1-35H. The minimum Gasteiger partial charge on any atom is -0.456 e. The zero-order valence-corrected chi connectivity index (χ0v) is 30.6. The van der Waals surface area contributed by atoms with Crippen LogP contribution in [-0.2, 0) is 0 Å². The second kappa shape index (κ2) is 13.2. The average Bonchev–Trinajstić information content (AvgIpc) is 3.64. The summed E-state index contributed by atoms with van der Waals surface area (Å²) in [6.07, 6.45) is 0. The predicted octanol–water partition coefficient (Wildman–Crippen LogP) is 15.5. The van der Waals surface area contributed by atoms with Crippen LogP contribution in [0.25, 0.3) is 87.6 Å². The summed E-state index contributed by atoms with van der Waals surface area (Å²) in [5, 5.41) is 9.56. The van der Waals surface area contributed by atoms with E-state index in [0.717, 1.165) is 39.0 Å². The third-order valence-electron chi connectivity index (χ3n) is 11.2. The van der Waals surface area contributed by atoms with Gasteiger partial charge < -0.3 is 9.32 Å². The van der Waals surface area contributed by atoms with Gasteiger partial charge in [0.05, 0.1) is 11.1 Å². The molecule has 0 bridgehead atoms. The average molecular weight is 714 g/mol. The fourth-order valence-corrected chi connectivity index (χ4v) is 8.50. The summed E-state index contributed by atoms with van der Waals surface area (Å²) in [7, 11) is 0. The molecule has 262 valence electrons. The van der Waals surface area contributed by atoms with Gasteiger partial charge in [-0.05, 0) is 120 Å². The Hall–Kier alpha value is -7.42. The van der Waals surface area contributed by atoms with Crippen molar-refractivity contribution >= 4 is 71.3 Å². The Labute approximate surface area is 325 Å². The van der Waals surface area contributed by atoms with Crippen LogP contribution < -0.4 is 4.90 Å². The smallest absolute Gasteiger partial charge is 0.137 e. The molecule has 1 heterocycles. The van der Waals surface area contributed by atoms with Crippen LogP contribution in [0.15, 0.2) is 217 Å². The van der Waals surface area contributed by atoms with E-state index >= 15 is 0 Å². The minimum atomic E-state index is 0.865. The van der Waals surface area contributed by atoms with Gasteiger partial charge in [-0.1, -0.05) is 158 Å². The number of benzene rings is 10. The van der Waals surface area contributed by atoms with Crippen LogP contribution in [0.5, 0.6) is 0 Å². The van der Waals surface area contributed by atoms with E-state index in [2.05, 4.69) is 217 Å². The van der Waals surface area contributed by atoms with E-state index in [4.69, 9.17) is 4.42 Å². The van der Waals surface area contributed by atoms with Crippen LogP contribution in [0, 0.1) is 0 Å². The predicted molar refractivity (Wildman–Crippen MR) is 237 cm³/mol. The number of hydrogen-bond donors (Lipinski definition) is 0. The summed E-state index contributed by atoms with van der Waals surface area (Å²) in [5.74, 6) is 0. The van der Waals surface area contributed by atoms with E-state index in [9.17, 15) is 0 Å². The Balaban J connectivity index is 1.09. The van der Waals surface area contributed by atoms with Gasteiger partial charge in [0.2, 0.25) is 0 Å². The van der Waals surface area contributed by atoms with Crippen molar-refractivity contribution in [3.63, 3.8) is 0 Å². The molecule has 0 radical (unpaired) electrons. The number of nitrogens with zero attached hydrogens (tertiary/aromatic N) is 1. The van der Waals surface area contributed by atoms with Crippen molar-refractivity contribution in [2.75, 3.05) is 4.90 Å². The summed E-state index contributed by atoms with van der Waals surface area (Å²) < 4.78 is 6.60. The van der Waals surface area contributed by atoms with Crippen molar-refractivity contribution in [2.24, 2.45) is 0 Å². The zero-order valence-electron chi connectivity index (χ0n) is 30.6. The van der Waals surface area contributed by atoms with Crippen LogP contribution in [0.2, 0.25) is 0 Å². The first-order valence-electron chi connectivity index (χ1n) is 19.2. The number of anilines is 3. The molecule has 2 heteroatoms. The van der Waals surface area contributed by atoms with Crippen molar-refractivity contribution < 1.29 is 4.42 Å². The van der Waals surface area contributed by atoms with Crippen LogP contribution in [0.4, 0.5) is 17.1 Å². The van der Waals surface area contributed by atoms with Crippen LogP contribution in [0.1, 0.15) is 0 Å². The molecule has 11 aromatic rings. The van der Waals surface area contributed by atoms with E-state index in [1.807, 2.05) is 0 Å². The molecule has 0 N–H and O–H groups in total. The molecule has 0 aliphatic carbocycles. The van der Waals surface area contributed by atoms with Crippen molar-refractivity contribution in [1.29, 1.82) is 0 Å². The lowest BCUT2D eigenvalue weighted by Gasteiger charge is -2.27. The van der Waals surface area contributed by atoms with Crippen molar-refractivity contribution in [3.8, 4) is 33.4 Å². The van der Waals surface area contributed by atoms with Crippen molar-refractivity contribution in [3.05, 3.63) is 212 Å². The fourth-order valence-electron chi connectivity index (χ4n) is 8.50. The Kier molecular flexibility index (Phi) is 7.53. The topological polar surface area (TPSA) is 16.4 Å². The molecule has 1 aromatic heterocycles. The first kappa shape index (κ1) is 32.0. The molecule has 0 unspecified atom stereocenters. The highest BCUT2D eigenvalue weighted by atomic mass is 16.3. The van der Waals surface area contributed by atoms with Crippen molar-refractivity contribution in [1.82, 2.24) is 0 Å². The maximum absolute atomic E-state index is 6.60. The van der Waals surface area contributed by atoms with E-state index < -0.39 is 0 Å². The Bertz CT molecular complexity index is 3230. The second-order valence-corrected chi connectivity index (χ2v) is 14.5. The largest absolute Gasteiger partial charge is 0.456 e. The number of fused-ring (bicyclic) bond motifs is 7. The second-order valence-electron chi connectivity index (χ2n) is 14.5. The number of rotatable bonds is 6. The minimum absolute atomic E-state index is 0.865. The molecule has 0 saturated heterocycles. The maximum atomic E-state index is 6.60. The van der Waals surface area contributed by atoms with Gasteiger partial charge in [-0.25, -0.2) is 0 Å². The Morgan fingerprint density at radius 3 is 1.62 bits per heavy atom. The number of hydrogen-bond acceptors (Lipinski definition) is 2. The lowest BCUT2D eigenvalue weighted by atomic mass is 9.93. The molecule has 0 fully saturated rings. The molecule has 2 nitrogen and oxygen atoms in total. The first-order chi connectivity index (χ1) is 27.7. The van der Waals surface area contributed by atoms with Gasteiger partial charge in [-0.15, -0.1) is 0 Å². The summed E-state index contributed by atoms with van der Waals surface area (Å²) >= 11 is 0. The molecular weight excluding hydrogens is 679 g/mol. The van der Waals surface area contributed by atoms with Gasteiger partial charge in [0.15, 0.2) is 0 Å². The maximum Gasteiger partial charge on any atom is 0.137 e. The molecule has 0 saturated carbocycles. The van der Waals surface area contributed by atoms with Gasteiger partial charge in [0.25, 0.3) is 0 Å². The Morgan fingerprint density at radius 1 is 0.304 bits per heavy atom. The lowest BCUT2D eigenvalue weighted by molar-refractivity contribution is 0.669. The van der Waals surface area contributed by atoms with Crippen LogP contribution in [0.3, 0.4) is 0 Å². The molecule has 0 amide bonds. The molecule has 0 atom stereocenters. The van der Waals surface area contributed by atoms with E-state index in [0.29, 0.717) is 0 Å². The SMILES string of the molecule is c1ccc(-c2ccc(-c3ccc(N(c4cccc(-c5cc6ccccc6c6ccccc56)c4)c4cccc5oc6cc7ccccc7cc6c45)cc3)cc2)cc1. The molecular formula is C54H35NO. The van der Waals surface area contributed by atoms with Gasteiger partial charge in [0, 0.05) is 16.8 Å².